The molecule has 7 nitrogen and oxygen atoms in total. The molecule has 3 aliphatic rings. The van der Waals surface area contributed by atoms with Crippen LogP contribution in [0.15, 0.2) is 36.4 Å². The van der Waals surface area contributed by atoms with E-state index < -0.39 is 5.41 Å². The summed E-state index contributed by atoms with van der Waals surface area (Å²) in [5, 5.41) is 0. The van der Waals surface area contributed by atoms with E-state index in [0.717, 1.165) is 23.2 Å². The summed E-state index contributed by atoms with van der Waals surface area (Å²) in [6.07, 6.45) is 0.765. The van der Waals surface area contributed by atoms with Gasteiger partial charge in [-0.1, -0.05) is 18.2 Å². The summed E-state index contributed by atoms with van der Waals surface area (Å²) in [5.41, 5.74) is 4.57. The number of nitrogens with two attached hydrogens (primary N) is 1. The number of fused-ring (bicyclic) bond motifs is 5. The fourth-order valence-corrected chi connectivity index (χ4v) is 4.13. The lowest BCUT2D eigenvalue weighted by Gasteiger charge is -2.23. The number of carbonyl (C=O) groups is 1. The summed E-state index contributed by atoms with van der Waals surface area (Å²) in [7, 11) is 0. The number of ether oxygens (including phenoxy) is 3. The van der Waals surface area contributed by atoms with Gasteiger partial charge in [-0.2, -0.15) is 0 Å². The second-order valence-electron chi connectivity index (χ2n) is 6.68. The van der Waals surface area contributed by atoms with Crippen molar-refractivity contribution in [2.24, 2.45) is 5.84 Å². The Hall–Kier alpha value is -2.77. The highest BCUT2D eigenvalue weighted by molar-refractivity contribution is 6.11. The summed E-state index contributed by atoms with van der Waals surface area (Å²) in [4.78, 5) is 15.4. The molecule has 1 amide bonds. The zero-order valence-electron chi connectivity index (χ0n) is 14.2. The van der Waals surface area contributed by atoms with Crippen LogP contribution < -0.4 is 30.4 Å². The Bertz CT molecular complexity index is 900. The highest BCUT2D eigenvalue weighted by Gasteiger charge is 2.57. The van der Waals surface area contributed by atoms with Crippen LogP contribution in [0.4, 0.5) is 5.69 Å². The third kappa shape index (κ3) is 1.92. The van der Waals surface area contributed by atoms with Gasteiger partial charge in [-0.05, 0) is 24.1 Å². The maximum atomic E-state index is 13.6. The van der Waals surface area contributed by atoms with Gasteiger partial charge in [0.2, 0.25) is 12.7 Å². The Labute approximate surface area is 150 Å². The van der Waals surface area contributed by atoms with E-state index >= 15 is 0 Å². The van der Waals surface area contributed by atoms with E-state index in [-0.39, 0.29) is 19.3 Å². The molecule has 1 spiro atoms. The molecular weight excluding hydrogens is 334 g/mol. The number of para-hydroxylation sites is 1. The lowest BCUT2D eigenvalue weighted by molar-refractivity contribution is -0.122. The molecule has 7 heteroatoms. The minimum absolute atomic E-state index is 0.0355. The number of rotatable bonds is 4. The van der Waals surface area contributed by atoms with Gasteiger partial charge in [-0.25, -0.2) is 0 Å². The third-order valence-corrected chi connectivity index (χ3v) is 5.35. The average Bonchev–Trinajstić information content (AvgIpc) is 3.33. The van der Waals surface area contributed by atoms with Crippen LogP contribution in [0.1, 0.15) is 17.5 Å². The van der Waals surface area contributed by atoms with E-state index in [9.17, 15) is 4.79 Å². The SMILES string of the molecule is NNCCCN1C(=O)C2(COc3cc4c(cc32)OCO4)c2ccccc21. The molecule has 0 aliphatic carbocycles. The molecular formula is C19H19N3O4. The quantitative estimate of drug-likeness (QED) is 0.489. The maximum absolute atomic E-state index is 13.6. The number of nitrogens with one attached hydrogen (secondary N) is 1. The van der Waals surface area contributed by atoms with E-state index in [1.807, 2.05) is 41.3 Å². The van der Waals surface area contributed by atoms with Crippen molar-refractivity contribution in [1.82, 2.24) is 5.43 Å². The van der Waals surface area contributed by atoms with Crippen LogP contribution in [-0.2, 0) is 10.2 Å². The predicted octanol–water partition coefficient (Wildman–Crippen LogP) is 1.29. The fourth-order valence-electron chi connectivity index (χ4n) is 4.13. The first-order valence-corrected chi connectivity index (χ1v) is 8.67. The van der Waals surface area contributed by atoms with Gasteiger partial charge < -0.3 is 19.1 Å². The molecule has 0 radical (unpaired) electrons. The number of amides is 1. The van der Waals surface area contributed by atoms with Gasteiger partial charge in [0, 0.05) is 30.4 Å². The summed E-state index contributed by atoms with van der Waals surface area (Å²) >= 11 is 0. The topological polar surface area (TPSA) is 86.1 Å². The second kappa shape index (κ2) is 5.62. The van der Waals surface area contributed by atoms with Gasteiger partial charge in [0.1, 0.15) is 17.8 Å². The summed E-state index contributed by atoms with van der Waals surface area (Å²) in [6.45, 7) is 1.72. The summed E-state index contributed by atoms with van der Waals surface area (Å²) in [5.74, 6) is 7.41. The zero-order valence-corrected chi connectivity index (χ0v) is 14.2. The van der Waals surface area contributed by atoms with E-state index in [0.29, 0.717) is 30.3 Å². The molecule has 3 aliphatic heterocycles. The third-order valence-electron chi connectivity index (χ3n) is 5.35. The molecule has 5 rings (SSSR count). The molecule has 0 bridgehead atoms. The van der Waals surface area contributed by atoms with E-state index in [4.69, 9.17) is 20.1 Å². The lowest BCUT2D eigenvalue weighted by Crippen LogP contribution is -2.43. The normalized spacial score (nSPS) is 21.9. The van der Waals surface area contributed by atoms with Crippen LogP contribution in [-0.4, -0.2) is 32.4 Å². The highest BCUT2D eigenvalue weighted by atomic mass is 16.7. The first-order valence-electron chi connectivity index (χ1n) is 8.67. The fraction of sp³-hybridized carbons (Fsp3) is 0.316. The van der Waals surface area contributed by atoms with Gasteiger partial charge >= 0.3 is 0 Å². The lowest BCUT2D eigenvalue weighted by atomic mass is 9.77. The molecule has 1 unspecified atom stereocenters. The maximum Gasteiger partial charge on any atom is 0.245 e. The minimum atomic E-state index is -0.830. The molecule has 3 N–H and O–H groups in total. The smallest absolute Gasteiger partial charge is 0.245 e. The van der Waals surface area contributed by atoms with Crippen molar-refractivity contribution in [3.8, 4) is 17.2 Å². The first-order chi connectivity index (χ1) is 12.8. The van der Waals surface area contributed by atoms with Crippen LogP contribution in [0.25, 0.3) is 0 Å². The van der Waals surface area contributed by atoms with Gasteiger partial charge in [-0.15, -0.1) is 0 Å². The van der Waals surface area contributed by atoms with Crippen LogP contribution in [0, 0.1) is 0 Å². The standard InChI is InChI=1S/C19H19N3O4/c20-21-6-3-7-22-14-5-2-1-4-12(14)19(18(22)23)10-24-15-9-17-16(8-13(15)19)25-11-26-17/h1-2,4-5,8-9,21H,3,6-7,10-11,20H2. The van der Waals surface area contributed by atoms with Crippen molar-refractivity contribution in [2.75, 3.05) is 31.4 Å². The van der Waals surface area contributed by atoms with Crippen molar-refractivity contribution in [2.45, 2.75) is 11.8 Å². The van der Waals surface area contributed by atoms with Crippen molar-refractivity contribution in [1.29, 1.82) is 0 Å². The molecule has 2 aromatic rings. The number of hydrogen-bond donors (Lipinski definition) is 2. The van der Waals surface area contributed by atoms with Crippen molar-refractivity contribution in [3.05, 3.63) is 47.5 Å². The van der Waals surface area contributed by atoms with Crippen molar-refractivity contribution >= 4 is 11.6 Å². The molecule has 0 saturated heterocycles. The molecule has 3 heterocycles. The van der Waals surface area contributed by atoms with Crippen molar-refractivity contribution < 1.29 is 19.0 Å². The Morgan fingerprint density at radius 2 is 1.88 bits per heavy atom. The summed E-state index contributed by atoms with van der Waals surface area (Å²) < 4.78 is 16.9. The Morgan fingerprint density at radius 3 is 2.73 bits per heavy atom. The van der Waals surface area contributed by atoms with Gasteiger partial charge in [0.05, 0.1) is 0 Å². The van der Waals surface area contributed by atoms with Gasteiger partial charge in [-0.3, -0.25) is 16.1 Å². The summed E-state index contributed by atoms with van der Waals surface area (Å²) in [6, 6.07) is 11.6. The van der Waals surface area contributed by atoms with Crippen molar-refractivity contribution in [3.63, 3.8) is 0 Å². The number of hydrazine groups is 1. The van der Waals surface area contributed by atoms with Gasteiger partial charge in [0.15, 0.2) is 11.5 Å². The van der Waals surface area contributed by atoms with Crippen LogP contribution >= 0.6 is 0 Å². The van der Waals surface area contributed by atoms with Gasteiger partial charge in [0.25, 0.3) is 0 Å². The Morgan fingerprint density at radius 1 is 1.08 bits per heavy atom. The predicted molar refractivity (Wildman–Crippen MR) is 94.4 cm³/mol. The number of hydrogen-bond acceptors (Lipinski definition) is 6. The second-order valence-corrected chi connectivity index (χ2v) is 6.68. The molecule has 2 aromatic carbocycles. The number of carbonyl (C=O) groups excluding carboxylic acids is 1. The molecule has 26 heavy (non-hydrogen) atoms. The molecule has 0 aromatic heterocycles. The number of benzene rings is 2. The monoisotopic (exact) mass is 353 g/mol. The first kappa shape index (κ1) is 15.5. The number of nitrogens with zero attached hydrogens (tertiary/aromatic N) is 1. The Kier molecular flexibility index (Phi) is 3.35. The Balaban J connectivity index is 1.63. The minimum Gasteiger partial charge on any atom is -0.491 e. The van der Waals surface area contributed by atoms with E-state index in [2.05, 4.69) is 5.43 Å². The largest absolute Gasteiger partial charge is 0.491 e. The molecule has 0 fully saturated rings. The molecule has 134 valence electrons. The molecule has 0 saturated carbocycles. The number of anilines is 1. The average molecular weight is 353 g/mol. The molecule has 1 atom stereocenters. The van der Waals surface area contributed by atoms with Crippen LogP contribution in [0.5, 0.6) is 17.2 Å². The van der Waals surface area contributed by atoms with E-state index in [1.54, 1.807) is 0 Å². The van der Waals surface area contributed by atoms with Crippen LogP contribution in [0.2, 0.25) is 0 Å². The van der Waals surface area contributed by atoms with E-state index in [1.165, 1.54) is 0 Å². The zero-order chi connectivity index (χ0) is 17.7. The highest BCUT2D eigenvalue weighted by Crippen LogP contribution is 2.54. The van der Waals surface area contributed by atoms with Crippen LogP contribution in [0.3, 0.4) is 0 Å².